The Morgan fingerprint density at radius 3 is 1.77 bits per heavy atom. The van der Waals surface area contributed by atoms with Crippen molar-refractivity contribution in [2.24, 2.45) is 11.1 Å². The Morgan fingerprint density at radius 2 is 1.27 bits per heavy atom. The smallest absolute Gasteiger partial charge is 0.110 e. The maximum Gasteiger partial charge on any atom is 0.110 e. The monoisotopic (exact) mass is 345 g/mol. The molecule has 3 heteroatoms. The van der Waals surface area contributed by atoms with Crippen molar-refractivity contribution in [3.63, 3.8) is 0 Å². The molecule has 132 valence electrons. The molecule has 0 saturated carbocycles. The fourth-order valence-corrected chi connectivity index (χ4v) is 3.87. The number of aliphatic hydroxyl groups is 2. The van der Waals surface area contributed by atoms with Crippen molar-refractivity contribution < 1.29 is 10.2 Å². The molecular formula is C23H23NO2. The zero-order chi connectivity index (χ0) is 18.3. The maximum absolute atomic E-state index is 10.0. The van der Waals surface area contributed by atoms with Crippen molar-refractivity contribution in [3.05, 3.63) is 72.3 Å². The second-order valence-corrected chi connectivity index (χ2v) is 7.36. The van der Waals surface area contributed by atoms with E-state index in [1.807, 2.05) is 13.0 Å². The second-order valence-electron chi connectivity index (χ2n) is 7.36. The van der Waals surface area contributed by atoms with Crippen LogP contribution < -0.4 is 5.73 Å². The second kappa shape index (κ2) is 6.36. The van der Waals surface area contributed by atoms with Gasteiger partial charge in [0.05, 0.1) is 6.61 Å². The average molecular weight is 345 g/mol. The highest BCUT2D eigenvalue weighted by Crippen LogP contribution is 2.38. The van der Waals surface area contributed by atoms with Gasteiger partial charge in [-0.2, -0.15) is 0 Å². The van der Waals surface area contributed by atoms with Crippen LogP contribution in [-0.4, -0.2) is 23.0 Å². The molecule has 2 atom stereocenters. The number of aliphatic hydroxyl groups excluding tert-OH is 2. The predicted octanol–water partition coefficient (Wildman–Crippen LogP) is 3.96. The van der Waals surface area contributed by atoms with E-state index in [0.717, 1.165) is 5.56 Å². The van der Waals surface area contributed by atoms with Crippen LogP contribution in [0, 0.1) is 5.41 Å². The lowest BCUT2D eigenvalue weighted by atomic mass is 9.80. The van der Waals surface area contributed by atoms with Gasteiger partial charge in [-0.3, -0.25) is 0 Å². The van der Waals surface area contributed by atoms with Gasteiger partial charge in [-0.15, -0.1) is 0 Å². The summed E-state index contributed by atoms with van der Waals surface area (Å²) in [7, 11) is 0. The van der Waals surface area contributed by atoms with Gasteiger partial charge in [-0.05, 0) is 44.3 Å². The first-order chi connectivity index (χ1) is 12.5. The first-order valence-corrected chi connectivity index (χ1v) is 8.91. The lowest BCUT2D eigenvalue weighted by molar-refractivity contribution is -0.000526. The summed E-state index contributed by atoms with van der Waals surface area (Å²) in [6.45, 7) is 1.65. The Kier molecular flexibility index (Phi) is 4.16. The van der Waals surface area contributed by atoms with E-state index in [0.29, 0.717) is 6.42 Å². The largest absolute Gasteiger partial charge is 0.396 e. The molecule has 26 heavy (non-hydrogen) atoms. The molecule has 0 amide bonds. The van der Waals surface area contributed by atoms with Gasteiger partial charge < -0.3 is 15.9 Å². The first-order valence-electron chi connectivity index (χ1n) is 8.91. The van der Waals surface area contributed by atoms with Crippen LogP contribution in [0.25, 0.3) is 32.3 Å². The van der Waals surface area contributed by atoms with Crippen LogP contribution in [0.15, 0.2) is 66.7 Å². The zero-order valence-corrected chi connectivity index (χ0v) is 14.8. The topological polar surface area (TPSA) is 66.5 Å². The van der Waals surface area contributed by atoms with E-state index < -0.39 is 11.6 Å². The molecule has 0 heterocycles. The van der Waals surface area contributed by atoms with Crippen LogP contribution in [0.3, 0.4) is 0 Å². The number of hydrogen-bond donors (Lipinski definition) is 3. The molecule has 0 bridgehead atoms. The molecule has 0 aromatic heterocycles. The lowest BCUT2D eigenvalue weighted by Gasteiger charge is -2.31. The van der Waals surface area contributed by atoms with E-state index in [9.17, 15) is 10.2 Å². The molecule has 0 aliphatic carbocycles. The summed E-state index contributed by atoms with van der Waals surface area (Å²) in [5.74, 6) is 0. The van der Waals surface area contributed by atoms with Gasteiger partial charge in [0, 0.05) is 5.41 Å². The molecule has 0 fully saturated rings. The van der Waals surface area contributed by atoms with Crippen LogP contribution in [0.1, 0.15) is 12.5 Å². The van der Waals surface area contributed by atoms with E-state index >= 15 is 0 Å². The summed E-state index contributed by atoms with van der Waals surface area (Å²) in [5, 5.41) is 27.0. The zero-order valence-electron chi connectivity index (χ0n) is 14.8. The average Bonchev–Trinajstić information content (AvgIpc) is 2.68. The van der Waals surface area contributed by atoms with Gasteiger partial charge in [0.1, 0.15) is 6.23 Å². The Balaban J connectivity index is 2.11. The lowest BCUT2D eigenvalue weighted by Crippen LogP contribution is -2.43. The van der Waals surface area contributed by atoms with Gasteiger partial charge in [-0.1, -0.05) is 73.7 Å². The van der Waals surface area contributed by atoms with E-state index in [1.54, 1.807) is 0 Å². The third-order valence-electron chi connectivity index (χ3n) is 5.52. The number of nitrogens with two attached hydrogens (primary N) is 1. The highest BCUT2D eigenvalue weighted by Gasteiger charge is 2.31. The minimum Gasteiger partial charge on any atom is -0.396 e. The SMILES string of the molecule is CC(CO)(Cc1cccc2c3ccccc3c3ccccc3c12)C(N)O. The number of rotatable bonds is 4. The van der Waals surface area contributed by atoms with Crippen molar-refractivity contribution in [1.82, 2.24) is 0 Å². The molecule has 0 spiro atoms. The maximum atomic E-state index is 10.0. The molecule has 4 aromatic carbocycles. The van der Waals surface area contributed by atoms with Crippen LogP contribution >= 0.6 is 0 Å². The highest BCUT2D eigenvalue weighted by atomic mass is 16.3. The van der Waals surface area contributed by atoms with E-state index in [-0.39, 0.29) is 6.61 Å². The molecule has 4 N–H and O–H groups in total. The van der Waals surface area contributed by atoms with Gasteiger partial charge >= 0.3 is 0 Å². The molecule has 0 aliphatic rings. The van der Waals surface area contributed by atoms with Crippen molar-refractivity contribution in [3.8, 4) is 0 Å². The quantitative estimate of drug-likeness (QED) is 0.387. The first kappa shape index (κ1) is 17.0. The third-order valence-corrected chi connectivity index (χ3v) is 5.52. The standard InChI is InChI=1S/C23H23NO2/c1-23(14-25,22(24)26)13-15-7-6-12-20-18-9-3-2-8-16(18)17-10-4-5-11-19(17)21(15)20/h2-12,22,25-26H,13-14,24H2,1H3. The molecule has 2 unspecified atom stereocenters. The minimum absolute atomic E-state index is 0.174. The normalized spacial score (nSPS) is 15.4. The predicted molar refractivity (Wildman–Crippen MR) is 108 cm³/mol. The Hall–Kier alpha value is -2.46. The van der Waals surface area contributed by atoms with Crippen molar-refractivity contribution in [2.75, 3.05) is 6.61 Å². The van der Waals surface area contributed by atoms with Crippen molar-refractivity contribution >= 4 is 32.3 Å². The van der Waals surface area contributed by atoms with Gasteiger partial charge in [-0.25, -0.2) is 0 Å². The van der Waals surface area contributed by atoms with E-state index in [4.69, 9.17) is 5.73 Å². The van der Waals surface area contributed by atoms with Gasteiger partial charge in [0.2, 0.25) is 0 Å². The third kappa shape index (κ3) is 2.56. The molecule has 0 radical (unpaired) electrons. The molecule has 3 nitrogen and oxygen atoms in total. The van der Waals surface area contributed by atoms with Crippen LogP contribution in [-0.2, 0) is 6.42 Å². The van der Waals surface area contributed by atoms with Crippen LogP contribution in [0.5, 0.6) is 0 Å². The van der Waals surface area contributed by atoms with Crippen molar-refractivity contribution in [2.45, 2.75) is 19.6 Å². The summed E-state index contributed by atoms with van der Waals surface area (Å²) in [6, 6.07) is 23.1. The molecule has 0 aliphatic heterocycles. The molecule has 0 saturated heterocycles. The Morgan fingerprint density at radius 1 is 0.808 bits per heavy atom. The van der Waals surface area contributed by atoms with Gasteiger partial charge in [0.15, 0.2) is 0 Å². The summed E-state index contributed by atoms with van der Waals surface area (Å²) >= 11 is 0. The van der Waals surface area contributed by atoms with Gasteiger partial charge in [0.25, 0.3) is 0 Å². The summed E-state index contributed by atoms with van der Waals surface area (Å²) in [4.78, 5) is 0. The highest BCUT2D eigenvalue weighted by molar-refractivity contribution is 6.26. The summed E-state index contributed by atoms with van der Waals surface area (Å²) < 4.78 is 0. The number of benzene rings is 4. The number of fused-ring (bicyclic) bond motifs is 6. The van der Waals surface area contributed by atoms with Crippen LogP contribution in [0.4, 0.5) is 0 Å². The molecular weight excluding hydrogens is 322 g/mol. The number of hydrogen-bond acceptors (Lipinski definition) is 3. The Labute approximate surface area is 152 Å². The van der Waals surface area contributed by atoms with E-state index in [2.05, 4.69) is 60.7 Å². The van der Waals surface area contributed by atoms with Crippen LogP contribution in [0.2, 0.25) is 0 Å². The fraction of sp³-hybridized carbons (Fsp3) is 0.217. The Bertz CT molecular complexity index is 1060. The fourth-order valence-electron chi connectivity index (χ4n) is 3.87. The molecule has 4 aromatic rings. The summed E-state index contributed by atoms with van der Waals surface area (Å²) in [6.07, 6.45) is -0.588. The minimum atomic E-state index is -1.09. The summed E-state index contributed by atoms with van der Waals surface area (Å²) in [5.41, 5.74) is 6.07. The van der Waals surface area contributed by atoms with E-state index in [1.165, 1.54) is 32.3 Å². The van der Waals surface area contributed by atoms with Crippen molar-refractivity contribution in [1.29, 1.82) is 0 Å². The molecule has 4 rings (SSSR count).